The Morgan fingerprint density at radius 3 is 2.61 bits per heavy atom. The molecule has 3 N–H and O–H groups in total. The quantitative estimate of drug-likeness (QED) is 0.560. The van der Waals surface area contributed by atoms with Crippen LogP contribution in [0.4, 0.5) is 14.6 Å². The summed E-state index contributed by atoms with van der Waals surface area (Å²) in [5.41, 5.74) is 1.33. The van der Waals surface area contributed by atoms with E-state index in [0.29, 0.717) is 16.3 Å². The number of hydrogen-bond acceptors (Lipinski definition) is 7. The maximum absolute atomic E-state index is 14.0. The molecular formula is C22H29F2N5O3S. The third-order valence-electron chi connectivity index (χ3n) is 5.26. The van der Waals surface area contributed by atoms with E-state index in [1.807, 2.05) is 26.8 Å². The van der Waals surface area contributed by atoms with Gasteiger partial charge in [0.15, 0.2) is 5.01 Å². The van der Waals surface area contributed by atoms with Gasteiger partial charge in [-0.05, 0) is 46.2 Å². The third-order valence-corrected chi connectivity index (χ3v) is 6.34. The molecule has 0 spiro atoms. The normalized spacial score (nSPS) is 18.5. The first-order valence-corrected chi connectivity index (χ1v) is 11.6. The van der Waals surface area contributed by atoms with Crippen LogP contribution in [0.5, 0.6) is 0 Å². The van der Waals surface area contributed by atoms with Crippen LogP contribution in [0.1, 0.15) is 60.0 Å². The summed E-state index contributed by atoms with van der Waals surface area (Å²) in [6.07, 6.45) is 1.17. The Hall–Kier alpha value is -2.66. The number of nitrogens with zero attached hydrogens (tertiary/aromatic N) is 3. The zero-order valence-corrected chi connectivity index (χ0v) is 20.1. The van der Waals surface area contributed by atoms with Crippen molar-refractivity contribution in [1.29, 1.82) is 0 Å². The van der Waals surface area contributed by atoms with Gasteiger partial charge in [0.25, 0.3) is 17.7 Å². The molecule has 2 amide bonds. The van der Waals surface area contributed by atoms with Gasteiger partial charge in [-0.2, -0.15) is 0 Å². The van der Waals surface area contributed by atoms with Gasteiger partial charge in [0.1, 0.15) is 11.5 Å². The number of halogens is 2. The summed E-state index contributed by atoms with van der Waals surface area (Å²) in [5.74, 6) is -3.51. The van der Waals surface area contributed by atoms with Crippen molar-refractivity contribution in [2.75, 3.05) is 18.5 Å². The Morgan fingerprint density at radius 2 is 2.06 bits per heavy atom. The molecule has 180 valence electrons. The van der Waals surface area contributed by atoms with Crippen LogP contribution >= 0.6 is 11.3 Å². The smallest absolute Gasteiger partial charge is 0.280 e. The predicted molar refractivity (Wildman–Crippen MR) is 123 cm³/mol. The molecule has 2 aromatic rings. The van der Waals surface area contributed by atoms with Gasteiger partial charge in [0.2, 0.25) is 0 Å². The molecule has 0 saturated carbocycles. The van der Waals surface area contributed by atoms with E-state index in [2.05, 4.69) is 20.6 Å². The van der Waals surface area contributed by atoms with Crippen molar-refractivity contribution in [3.8, 4) is 10.4 Å². The number of likely N-dealkylation sites (tertiary alicyclic amines) is 1. The Labute approximate surface area is 195 Å². The molecule has 2 aromatic heterocycles. The van der Waals surface area contributed by atoms with Crippen molar-refractivity contribution < 1.29 is 23.5 Å². The standard InChI is InChI=1S/C22H29F2N5O3S/c1-11(2)26-16-6-12(3)15(8-25-16)18-17(21(32)29-10-22(23,24)7-14(29)5)28-20(33-18)19(31)27-13(4)9-30/h6,8,11,13-14,30H,7,9-10H2,1-5H3,(H,25,26)(H,27,31)/t13-,14+/m1/s1. The monoisotopic (exact) mass is 481 g/mol. The first-order valence-electron chi connectivity index (χ1n) is 10.8. The minimum absolute atomic E-state index is 0.0102. The minimum atomic E-state index is -2.97. The van der Waals surface area contributed by atoms with E-state index in [-0.39, 0.29) is 23.4 Å². The number of carbonyl (C=O) groups excluding carboxylic acids is 2. The van der Waals surface area contributed by atoms with Gasteiger partial charge in [-0.25, -0.2) is 18.7 Å². The number of anilines is 1. The second kappa shape index (κ2) is 9.68. The van der Waals surface area contributed by atoms with Crippen LogP contribution in [-0.4, -0.2) is 69.0 Å². The Morgan fingerprint density at radius 1 is 1.36 bits per heavy atom. The number of aliphatic hydroxyl groups excluding tert-OH is 1. The minimum Gasteiger partial charge on any atom is -0.394 e. The first-order chi connectivity index (χ1) is 15.4. The number of aryl methyl sites for hydroxylation is 1. The number of aromatic nitrogens is 2. The van der Waals surface area contributed by atoms with Gasteiger partial charge in [-0.1, -0.05) is 0 Å². The molecule has 0 unspecified atom stereocenters. The topological polar surface area (TPSA) is 107 Å². The molecule has 3 rings (SSSR count). The summed E-state index contributed by atoms with van der Waals surface area (Å²) in [4.78, 5) is 36.1. The fourth-order valence-electron chi connectivity index (χ4n) is 3.66. The lowest BCUT2D eigenvalue weighted by Gasteiger charge is -2.20. The molecule has 1 fully saturated rings. The van der Waals surface area contributed by atoms with Gasteiger partial charge in [-0.3, -0.25) is 9.59 Å². The lowest BCUT2D eigenvalue weighted by atomic mass is 10.1. The van der Waals surface area contributed by atoms with E-state index in [1.54, 1.807) is 20.0 Å². The lowest BCUT2D eigenvalue weighted by Crippen LogP contribution is -2.36. The molecule has 1 saturated heterocycles. The molecule has 0 bridgehead atoms. The molecule has 8 nitrogen and oxygen atoms in total. The second-order valence-electron chi connectivity index (χ2n) is 8.78. The van der Waals surface area contributed by atoms with E-state index in [9.17, 15) is 23.5 Å². The number of nitrogens with one attached hydrogen (secondary N) is 2. The number of hydrogen-bond donors (Lipinski definition) is 3. The SMILES string of the molecule is Cc1cc(NC(C)C)ncc1-c1sc(C(=O)N[C@H](C)CO)nc1C(=O)N1CC(F)(F)C[C@@H]1C. The molecule has 11 heteroatoms. The number of thiazole rings is 1. The Bertz CT molecular complexity index is 1040. The fraction of sp³-hybridized carbons (Fsp3) is 0.545. The number of pyridine rings is 1. The van der Waals surface area contributed by atoms with Crippen LogP contribution < -0.4 is 10.6 Å². The highest BCUT2D eigenvalue weighted by molar-refractivity contribution is 7.17. The van der Waals surface area contributed by atoms with Gasteiger partial charge < -0.3 is 20.6 Å². The van der Waals surface area contributed by atoms with Gasteiger partial charge in [0.05, 0.1) is 18.0 Å². The lowest BCUT2D eigenvalue weighted by molar-refractivity contribution is 0.0118. The third kappa shape index (κ3) is 5.64. The van der Waals surface area contributed by atoms with E-state index in [0.717, 1.165) is 21.8 Å². The average Bonchev–Trinajstić information content (AvgIpc) is 3.27. The predicted octanol–water partition coefficient (Wildman–Crippen LogP) is 3.31. The molecule has 3 heterocycles. The number of aliphatic hydroxyl groups is 1. The maximum atomic E-state index is 14.0. The van der Waals surface area contributed by atoms with Crippen molar-refractivity contribution in [2.45, 2.75) is 65.1 Å². The molecule has 1 aliphatic rings. The molecule has 0 aliphatic carbocycles. The summed E-state index contributed by atoms with van der Waals surface area (Å²) < 4.78 is 27.9. The number of amides is 2. The highest BCUT2D eigenvalue weighted by Gasteiger charge is 2.46. The number of carbonyl (C=O) groups is 2. The van der Waals surface area contributed by atoms with Gasteiger partial charge in [-0.15, -0.1) is 11.3 Å². The number of rotatable bonds is 7. The first kappa shape index (κ1) is 25.0. The van der Waals surface area contributed by atoms with Crippen LogP contribution in [0.2, 0.25) is 0 Å². The van der Waals surface area contributed by atoms with Crippen LogP contribution in [-0.2, 0) is 0 Å². The molecule has 1 aliphatic heterocycles. The largest absolute Gasteiger partial charge is 0.394 e. The maximum Gasteiger partial charge on any atom is 0.280 e. The Kier molecular flexibility index (Phi) is 7.32. The highest BCUT2D eigenvalue weighted by Crippen LogP contribution is 2.37. The van der Waals surface area contributed by atoms with Crippen molar-refractivity contribution in [3.63, 3.8) is 0 Å². The summed E-state index contributed by atoms with van der Waals surface area (Å²) in [5, 5.41) is 15.0. The van der Waals surface area contributed by atoms with E-state index in [1.165, 1.54) is 0 Å². The number of alkyl halides is 2. The van der Waals surface area contributed by atoms with Gasteiger partial charge >= 0.3 is 0 Å². The summed E-state index contributed by atoms with van der Waals surface area (Å²) in [6.45, 7) is 8.05. The van der Waals surface area contributed by atoms with E-state index >= 15 is 0 Å². The molecule has 0 aromatic carbocycles. The van der Waals surface area contributed by atoms with Crippen molar-refractivity contribution in [2.24, 2.45) is 0 Å². The van der Waals surface area contributed by atoms with Crippen LogP contribution in [0.3, 0.4) is 0 Å². The fourth-order valence-corrected chi connectivity index (χ4v) is 4.70. The molecule has 2 atom stereocenters. The summed E-state index contributed by atoms with van der Waals surface area (Å²) in [6, 6.07) is 0.825. The van der Waals surface area contributed by atoms with Crippen molar-refractivity contribution in [3.05, 3.63) is 28.5 Å². The molecule has 0 radical (unpaired) electrons. The second-order valence-corrected chi connectivity index (χ2v) is 9.78. The van der Waals surface area contributed by atoms with Crippen molar-refractivity contribution >= 4 is 29.0 Å². The van der Waals surface area contributed by atoms with Gasteiger partial charge in [0, 0.05) is 36.3 Å². The zero-order valence-electron chi connectivity index (χ0n) is 19.3. The van der Waals surface area contributed by atoms with Crippen LogP contribution in [0, 0.1) is 6.92 Å². The summed E-state index contributed by atoms with van der Waals surface area (Å²) in [7, 11) is 0. The molecule has 33 heavy (non-hydrogen) atoms. The van der Waals surface area contributed by atoms with Crippen LogP contribution in [0.15, 0.2) is 12.3 Å². The Balaban J connectivity index is 2.04. The van der Waals surface area contributed by atoms with Crippen LogP contribution in [0.25, 0.3) is 10.4 Å². The summed E-state index contributed by atoms with van der Waals surface area (Å²) >= 11 is 0.995. The molecular weight excluding hydrogens is 452 g/mol. The van der Waals surface area contributed by atoms with E-state index < -0.39 is 42.8 Å². The van der Waals surface area contributed by atoms with Crippen molar-refractivity contribution in [1.82, 2.24) is 20.2 Å². The van der Waals surface area contributed by atoms with E-state index in [4.69, 9.17) is 0 Å². The average molecular weight is 482 g/mol. The zero-order chi connectivity index (χ0) is 24.5. The highest BCUT2D eigenvalue weighted by atomic mass is 32.1.